The van der Waals surface area contributed by atoms with E-state index in [0.29, 0.717) is 6.54 Å². The average Bonchev–Trinajstić information content (AvgIpc) is 2.97. The smallest absolute Gasteiger partial charge is 0.320 e. The van der Waals surface area contributed by atoms with Crippen molar-refractivity contribution in [1.29, 1.82) is 0 Å². The first-order chi connectivity index (χ1) is 14.3. The summed E-state index contributed by atoms with van der Waals surface area (Å²) < 4.78 is 0. The topological polar surface area (TPSA) is 47.0 Å². The Bertz CT molecular complexity index is 742. The second-order valence-corrected chi connectivity index (χ2v) is 10.9. The lowest BCUT2D eigenvalue weighted by Gasteiger charge is -2.52. The molecular weight excluding hydrogens is 394 g/mol. The molecule has 1 aliphatic heterocycles. The van der Waals surface area contributed by atoms with Gasteiger partial charge in [0.2, 0.25) is 0 Å². The van der Waals surface area contributed by atoms with E-state index in [2.05, 4.69) is 60.5 Å². The molecule has 6 heteroatoms. The van der Waals surface area contributed by atoms with E-state index >= 15 is 0 Å². The Balaban J connectivity index is 1.59. The molecule has 5 nitrogen and oxygen atoms in total. The van der Waals surface area contributed by atoms with Crippen LogP contribution in [0, 0.1) is 0 Å². The minimum absolute atomic E-state index is 0.0152. The molecule has 2 amide bonds. The predicted octanol–water partition coefficient (Wildman–Crippen LogP) is 3.77. The number of β-amino-alcohol motifs (C(OH)–C–C–N with tert-alkyl or cyclic N) is 1. The molecule has 0 atom stereocenters. The van der Waals surface area contributed by atoms with Crippen molar-refractivity contribution in [2.45, 2.75) is 61.6 Å². The van der Waals surface area contributed by atoms with E-state index in [1.165, 1.54) is 5.56 Å². The maximum atomic E-state index is 13.4. The normalized spacial score (nSPS) is 30.9. The lowest BCUT2D eigenvalue weighted by molar-refractivity contribution is -0.0725. The fourth-order valence-corrected chi connectivity index (χ4v) is 6.23. The fraction of sp³-hybridized carbons (Fsp3) is 0.708. The monoisotopic (exact) mass is 431 g/mol. The van der Waals surface area contributed by atoms with Gasteiger partial charge in [0.25, 0.3) is 0 Å². The van der Waals surface area contributed by atoms with E-state index in [9.17, 15) is 9.90 Å². The van der Waals surface area contributed by atoms with Gasteiger partial charge in [-0.3, -0.25) is 4.90 Å². The maximum absolute atomic E-state index is 13.4. The third kappa shape index (κ3) is 3.76. The molecule has 1 aromatic carbocycles. The van der Waals surface area contributed by atoms with Crippen molar-refractivity contribution in [3.8, 4) is 0 Å². The highest BCUT2D eigenvalue weighted by Crippen LogP contribution is 2.50. The number of hydrogen-bond donors (Lipinski definition) is 1. The van der Waals surface area contributed by atoms with Crippen LogP contribution in [0.15, 0.2) is 30.3 Å². The molecule has 0 unspecified atom stereocenters. The highest BCUT2D eigenvalue weighted by atomic mass is 32.2. The number of carbonyl (C=O) groups is 1. The molecule has 0 bridgehead atoms. The van der Waals surface area contributed by atoms with E-state index in [-0.39, 0.29) is 17.1 Å². The average molecular weight is 432 g/mol. The Morgan fingerprint density at radius 2 is 1.73 bits per heavy atom. The number of carbonyl (C=O) groups excluding carboxylic acids is 1. The molecule has 0 aromatic heterocycles. The molecular formula is C24H37N3O2S. The van der Waals surface area contributed by atoms with Crippen LogP contribution < -0.4 is 0 Å². The molecule has 1 spiro atoms. The van der Waals surface area contributed by atoms with Crippen LogP contribution >= 0.6 is 11.8 Å². The minimum atomic E-state index is -0.673. The number of benzene rings is 1. The second kappa shape index (κ2) is 8.36. The van der Waals surface area contributed by atoms with Gasteiger partial charge < -0.3 is 14.9 Å². The summed E-state index contributed by atoms with van der Waals surface area (Å²) in [5.74, 6) is 0.964. The van der Waals surface area contributed by atoms with Crippen molar-refractivity contribution in [3.05, 3.63) is 35.9 Å². The summed E-state index contributed by atoms with van der Waals surface area (Å²) in [5.41, 5.74) is 0.571. The largest absolute Gasteiger partial charge is 0.388 e. The van der Waals surface area contributed by atoms with Gasteiger partial charge in [0, 0.05) is 24.4 Å². The highest BCUT2D eigenvalue weighted by molar-refractivity contribution is 7.98. The van der Waals surface area contributed by atoms with Crippen LogP contribution in [0.1, 0.15) is 50.5 Å². The zero-order valence-corrected chi connectivity index (χ0v) is 19.6. The highest BCUT2D eigenvalue weighted by Gasteiger charge is 2.56. The Hall–Kier alpha value is -1.24. The second-order valence-electron chi connectivity index (χ2n) is 9.88. The summed E-state index contributed by atoms with van der Waals surface area (Å²) >= 11 is 1.79. The summed E-state index contributed by atoms with van der Waals surface area (Å²) in [5, 5.41) is 10.9. The van der Waals surface area contributed by atoms with E-state index in [4.69, 9.17) is 0 Å². The Kier molecular flexibility index (Phi) is 6.12. The molecule has 2 saturated carbocycles. The van der Waals surface area contributed by atoms with Gasteiger partial charge in [0.15, 0.2) is 0 Å². The van der Waals surface area contributed by atoms with Gasteiger partial charge in [0.05, 0.1) is 17.7 Å². The lowest BCUT2D eigenvalue weighted by Crippen LogP contribution is -2.59. The Labute approximate surface area is 185 Å². The van der Waals surface area contributed by atoms with Crippen molar-refractivity contribution in [2.75, 3.05) is 45.7 Å². The van der Waals surface area contributed by atoms with Crippen LogP contribution in [0.25, 0.3) is 0 Å². The van der Waals surface area contributed by atoms with Crippen LogP contribution in [0.3, 0.4) is 0 Å². The maximum Gasteiger partial charge on any atom is 0.320 e. The Morgan fingerprint density at radius 1 is 1.07 bits per heavy atom. The fourth-order valence-electron chi connectivity index (χ4n) is 5.83. The molecule has 166 valence electrons. The van der Waals surface area contributed by atoms with E-state index < -0.39 is 5.60 Å². The van der Waals surface area contributed by atoms with Crippen molar-refractivity contribution >= 4 is 17.8 Å². The van der Waals surface area contributed by atoms with Crippen LogP contribution in [-0.2, 0) is 5.54 Å². The number of rotatable bonds is 7. The quantitative estimate of drug-likeness (QED) is 0.714. The molecule has 1 saturated heterocycles. The van der Waals surface area contributed by atoms with E-state index in [1.54, 1.807) is 11.8 Å². The number of hydrogen-bond acceptors (Lipinski definition) is 4. The molecule has 3 aliphatic rings. The molecule has 2 aliphatic carbocycles. The Morgan fingerprint density at radius 3 is 2.27 bits per heavy atom. The van der Waals surface area contributed by atoms with E-state index in [0.717, 1.165) is 63.8 Å². The molecule has 1 N–H and O–H groups in total. The number of thioether (sulfide) groups is 1. The molecule has 4 rings (SSSR count). The van der Waals surface area contributed by atoms with Gasteiger partial charge >= 0.3 is 6.03 Å². The summed E-state index contributed by atoms with van der Waals surface area (Å²) in [6.07, 6.45) is 8.84. The van der Waals surface area contributed by atoms with Crippen LogP contribution in [-0.4, -0.2) is 82.7 Å². The summed E-state index contributed by atoms with van der Waals surface area (Å²) in [7, 11) is 4.37. The number of nitrogens with zero attached hydrogens (tertiary/aromatic N) is 3. The van der Waals surface area contributed by atoms with Crippen molar-refractivity contribution < 1.29 is 9.90 Å². The zero-order chi connectivity index (χ0) is 21.4. The first-order valence-corrected chi connectivity index (χ1v) is 12.7. The minimum Gasteiger partial charge on any atom is -0.388 e. The molecule has 1 heterocycles. The third-order valence-corrected chi connectivity index (χ3v) is 8.63. The van der Waals surface area contributed by atoms with Gasteiger partial charge in [-0.1, -0.05) is 30.3 Å². The van der Waals surface area contributed by atoms with Gasteiger partial charge in [-0.15, -0.1) is 0 Å². The van der Waals surface area contributed by atoms with Gasteiger partial charge in [-0.2, -0.15) is 11.8 Å². The summed E-state index contributed by atoms with van der Waals surface area (Å²) in [4.78, 5) is 19.9. The molecule has 0 radical (unpaired) electrons. The number of amides is 2. The standard InChI is InChI=1S/C24H37N3O2S/c1-25(2)24(20-8-5-4-6-9-20)14-12-22(13-15-24)18-26(16-17-30-3)21(28)27(22)19-23(29)10-7-11-23/h4-6,8-9,29H,7,10-19H2,1-3H3/t22-,24-. The molecule has 3 fully saturated rings. The first kappa shape index (κ1) is 22.0. The molecule has 1 aromatic rings. The van der Waals surface area contributed by atoms with Crippen molar-refractivity contribution in [2.24, 2.45) is 0 Å². The SMILES string of the molecule is CSCCN1C[C@]2(CC[C@@](c3ccccc3)(N(C)C)CC2)N(CC2(O)CCC2)C1=O. The van der Waals surface area contributed by atoms with Crippen LogP contribution in [0.2, 0.25) is 0 Å². The van der Waals surface area contributed by atoms with Gasteiger partial charge in [-0.25, -0.2) is 4.79 Å². The summed E-state index contributed by atoms with van der Waals surface area (Å²) in [6, 6.07) is 11.0. The van der Waals surface area contributed by atoms with E-state index in [1.807, 2.05) is 4.90 Å². The lowest BCUT2D eigenvalue weighted by atomic mass is 9.67. The first-order valence-electron chi connectivity index (χ1n) is 11.4. The zero-order valence-electron chi connectivity index (χ0n) is 18.8. The van der Waals surface area contributed by atoms with Crippen molar-refractivity contribution in [3.63, 3.8) is 0 Å². The van der Waals surface area contributed by atoms with Crippen LogP contribution in [0.4, 0.5) is 4.79 Å². The van der Waals surface area contributed by atoms with Gasteiger partial charge in [0.1, 0.15) is 0 Å². The predicted molar refractivity (Wildman–Crippen MR) is 124 cm³/mol. The van der Waals surface area contributed by atoms with Crippen molar-refractivity contribution in [1.82, 2.24) is 14.7 Å². The molecule has 30 heavy (non-hydrogen) atoms. The van der Waals surface area contributed by atoms with Gasteiger partial charge in [-0.05, 0) is 70.9 Å². The van der Waals surface area contributed by atoms with Crippen LogP contribution in [0.5, 0.6) is 0 Å². The third-order valence-electron chi connectivity index (χ3n) is 8.04. The number of aliphatic hydroxyl groups is 1. The summed E-state index contributed by atoms with van der Waals surface area (Å²) in [6.45, 7) is 2.11. The number of urea groups is 1.